The highest BCUT2D eigenvalue weighted by Gasteiger charge is 2.18. The summed E-state index contributed by atoms with van der Waals surface area (Å²) in [5.74, 6) is -0.621. The van der Waals surface area contributed by atoms with Crippen LogP contribution in [0.2, 0.25) is 0 Å². The van der Waals surface area contributed by atoms with E-state index in [1.54, 1.807) is 17.8 Å². The van der Waals surface area contributed by atoms with Gasteiger partial charge in [0.05, 0.1) is 11.1 Å². The number of rotatable bonds is 5. The van der Waals surface area contributed by atoms with Crippen LogP contribution in [0.5, 0.6) is 0 Å². The SMILES string of the molecule is CSc1ccc(C=NNC(=O)c2ccccc2[N+](=O)[O-])cc1. The molecule has 0 spiro atoms. The summed E-state index contributed by atoms with van der Waals surface area (Å²) in [6, 6.07) is 13.3. The number of nitro groups is 1. The number of hydrogen-bond donors (Lipinski definition) is 1. The number of nitrogens with zero attached hydrogens (tertiary/aromatic N) is 2. The maximum absolute atomic E-state index is 11.9. The van der Waals surface area contributed by atoms with Crippen molar-refractivity contribution in [3.63, 3.8) is 0 Å². The number of hydrazone groups is 1. The Kier molecular flexibility index (Phi) is 5.26. The fraction of sp³-hybridized carbons (Fsp3) is 0.0667. The van der Waals surface area contributed by atoms with Crippen molar-refractivity contribution in [3.05, 3.63) is 69.8 Å². The highest BCUT2D eigenvalue weighted by atomic mass is 32.2. The van der Waals surface area contributed by atoms with Crippen molar-refractivity contribution in [2.75, 3.05) is 6.26 Å². The third-order valence-corrected chi connectivity index (χ3v) is 3.58. The van der Waals surface area contributed by atoms with Gasteiger partial charge in [0, 0.05) is 11.0 Å². The van der Waals surface area contributed by atoms with Gasteiger partial charge in [-0.25, -0.2) is 5.43 Å². The number of thioether (sulfide) groups is 1. The molecule has 0 aliphatic rings. The average molecular weight is 315 g/mol. The Morgan fingerprint density at radius 2 is 1.91 bits per heavy atom. The van der Waals surface area contributed by atoms with Crippen LogP contribution in [0.1, 0.15) is 15.9 Å². The lowest BCUT2D eigenvalue weighted by atomic mass is 10.2. The van der Waals surface area contributed by atoms with E-state index in [1.165, 1.54) is 24.4 Å². The van der Waals surface area contributed by atoms with E-state index in [4.69, 9.17) is 0 Å². The molecule has 0 bridgehead atoms. The monoisotopic (exact) mass is 315 g/mol. The lowest BCUT2D eigenvalue weighted by Crippen LogP contribution is -2.18. The first-order valence-electron chi connectivity index (χ1n) is 6.32. The standard InChI is InChI=1S/C15H13N3O3S/c1-22-12-8-6-11(7-9-12)10-16-17-15(19)13-4-2-3-5-14(13)18(20)21/h2-10H,1H3,(H,17,19). The van der Waals surface area contributed by atoms with Crippen molar-refractivity contribution in [2.45, 2.75) is 4.90 Å². The fourth-order valence-electron chi connectivity index (χ4n) is 1.74. The van der Waals surface area contributed by atoms with Crippen LogP contribution < -0.4 is 5.43 Å². The Morgan fingerprint density at radius 3 is 2.55 bits per heavy atom. The molecule has 1 N–H and O–H groups in total. The number of nitro benzene ring substituents is 1. The van der Waals surface area contributed by atoms with Crippen molar-refractivity contribution in [3.8, 4) is 0 Å². The molecule has 2 aromatic rings. The minimum atomic E-state index is -0.621. The molecule has 0 saturated carbocycles. The zero-order valence-electron chi connectivity index (χ0n) is 11.7. The second-order valence-electron chi connectivity index (χ2n) is 4.25. The molecule has 0 aliphatic carbocycles. The minimum Gasteiger partial charge on any atom is -0.267 e. The van der Waals surface area contributed by atoms with Gasteiger partial charge in [-0.1, -0.05) is 24.3 Å². The summed E-state index contributed by atoms with van der Waals surface area (Å²) in [6.45, 7) is 0. The third-order valence-electron chi connectivity index (χ3n) is 2.84. The molecular formula is C15H13N3O3S. The highest BCUT2D eigenvalue weighted by Crippen LogP contribution is 2.17. The highest BCUT2D eigenvalue weighted by molar-refractivity contribution is 7.98. The topological polar surface area (TPSA) is 84.6 Å². The first-order chi connectivity index (χ1) is 10.6. The van der Waals surface area contributed by atoms with Crippen LogP contribution >= 0.6 is 11.8 Å². The van der Waals surface area contributed by atoms with Crippen molar-refractivity contribution in [2.24, 2.45) is 5.10 Å². The molecule has 2 aromatic carbocycles. The predicted molar refractivity (Wildman–Crippen MR) is 86.4 cm³/mol. The molecule has 0 aliphatic heterocycles. The van der Waals surface area contributed by atoms with Crippen LogP contribution in [0.25, 0.3) is 0 Å². The number of hydrogen-bond acceptors (Lipinski definition) is 5. The molecule has 0 unspecified atom stereocenters. The number of carbonyl (C=O) groups excluding carboxylic acids is 1. The van der Waals surface area contributed by atoms with Crippen LogP contribution in [0.3, 0.4) is 0 Å². The summed E-state index contributed by atoms with van der Waals surface area (Å²) in [6.07, 6.45) is 3.47. The average Bonchev–Trinajstić information content (AvgIpc) is 2.55. The van der Waals surface area contributed by atoms with Crippen LogP contribution in [0.4, 0.5) is 5.69 Å². The lowest BCUT2D eigenvalue weighted by Gasteiger charge is -2.01. The molecule has 1 amide bonds. The second-order valence-corrected chi connectivity index (χ2v) is 5.13. The normalized spacial score (nSPS) is 10.6. The molecule has 2 rings (SSSR count). The molecule has 0 fully saturated rings. The molecule has 7 heteroatoms. The zero-order chi connectivity index (χ0) is 15.9. The number of nitrogens with one attached hydrogen (secondary N) is 1. The van der Waals surface area contributed by atoms with Crippen LogP contribution in [0.15, 0.2) is 58.5 Å². The van der Waals surface area contributed by atoms with Gasteiger partial charge in [-0.2, -0.15) is 5.10 Å². The first-order valence-corrected chi connectivity index (χ1v) is 7.55. The van der Waals surface area contributed by atoms with Gasteiger partial charge < -0.3 is 0 Å². The first kappa shape index (κ1) is 15.7. The largest absolute Gasteiger partial charge is 0.282 e. The van der Waals surface area contributed by atoms with Gasteiger partial charge >= 0.3 is 0 Å². The van der Waals surface area contributed by atoms with Crippen molar-refractivity contribution in [1.29, 1.82) is 0 Å². The fourth-order valence-corrected chi connectivity index (χ4v) is 2.15. The molecular weight excluding hydrogens is 302 g/mol. The van der Waals surface area contributed by atoms with Crippen LogP contribution in [0, 0.1) is 10.1 Å². The van der Waals surface area contributed by atoms with E-state index in [9.17, 15) is 14.9 Å². The van der Waals surface area contributed by atoms with Crippen LogP contribution in [-0.4, -0.2) is 23.3 Å². The Balaban J connectivity index is 2.06. The maximum Gasteiger partial charge on any atom is 0.282 e. The summed E-state index contributed by atoms with van der Waals surface area (Å²) in [5, 5.41) is 14.7. The molecule has 6 nitrogen and oxygen atoms in total. The lowest BCUT2D eigenvalue weighted by molar-refractivity contribution is -0.385. The van der Waals surface area contributed by atoms with Gasteiger partial charge in [-0.3, -0.25) is 14.9 Å². The van der Waals surface area contributed by atoms with E-state index in [1.807, 2.05) is 30.5 Å². The second kappa shape index (κ2) is 7.37. The summed E-state index contributed by atoms with van der Waals surface area (Å²) < 4.78 is 0. The van der Waals surface area contributed by atoms with E-state index in [0.29, 0.717) is 0 Å². The molecule has 22 heavy (non-hydrogen) atoms. The molecule has 0 radical (unpaired) electrons. The van der Waals surface area contributed by atoms with Gasteiger partial charge in [-0.05, 0) is 30.0 Å². The summed E-state index contributed by atoms with van der Waals surface area (Å²) >= 11 is 1.63. The van der Waals surface area contributed by atoms with Crippen LogP contribution in [-0.2, 0) is 0 Å². The van der Waals surface area contributed by atoms with Crippen molar-refractivity contribution in [1.82, 2.24) is 5.43 Å². The van der Waals surface area contributed by atoms with Crippen molar-refractivity contribution < 1.29 is 9.72 Å². The van der Waals surface area contributed by atoms with E-state index in [-0.39, 0.29) is 11.3 Å². The molecule has 0 saturated heterocycles. The zero-order valence-corrected chi connectivity index (χ0v) is 12.5. The molecule has 0 atom stereocenters. The van der Waals surface area contributed by atoms with Gasteiger partial charge in [0.15, 0.2) is 0 Å². The summed E-state index contributed by atoms with van der Waals surface area (Å²) in [7, 11) is 0. The van der Waals surface area contributed by atoms with Gasteiger partial charge in [0.25, 0.3) is 11.6 Å². The summed E-state index contributed by atoms with van der Waals surface area (Å²) in [4.78, 5) is 23.3. The number of carbonyl (C=O) groups is 1. The number of amides is 1. The number of benzene rings is 2. The van der Waals surface area contributed by atoms with E-state index < -0.39 is 10.8 Å². The maximum atomic E-state index is 11.9. The Labute approximate surface area is 131 Å². The molecule has 0 aromatic heterocycles. The quantitative estimate of drug-likeness (QED) is 0.398. The van der Waals surface area contributed by atoms with E-state index in [2.05, 4.69) is 10.5 Å². The van der Waals surface area contributed by atoms with Crippen molar-refractivity contribution >= 4 is 29.6 Å². The predicted octanol–water partition coefficient (Wildman–Crippen LogP) is 3.08. The smallest absolute Gasteiger partial charge is 0.267 e. The Hall–Kier alpha value is -2.67. The minimum absolute atomic E-state index is 0.0256. The molecule has 112 valence electrons. The van der Waals surface area contributed by atoms with E-state index in [0.717, 1.165) is 10.5 Å². The van der Waals surface area contributed by atoms with E-state index >= 15 is 0 Å². The summed E-state index contributed by atoms with van der Waals surface area (Å²) in [5.41, 5.74) is 2.84. The number of para-hydroxylation sites is 1. The Morgan fingerprint density at radius 1 is 1.23 bits per heavy atom. The van der Waals surface area contributed by atoms with Gasteiger partial charge in [-0.15, -0.1) is 11.8 Å². The molecule has 0 heterocycles. The van der Waals surface area contributed by atoms with Gasteiger partial charge in [0.1, 0.15) is 5.56 Å². The van der Waals surface area contributed by atoms with Gasteiger partial charge in [0.2, 0.25) is 0 Å². The third kappa shape index (κ3) is 3.92. The Bertz CT molecular complexity index is 714.